The molecule has 1 rings (SSSR count). The van der Waals surface area contributed by atoms with Crippen LogP contribution in [0.2, 0.25) is 0 Å². The Hall–Kier alpha value is -1.08. The molecule has 0 aliphatic heterocycles. The van der Waals surface area contributed by atoms with Crippen molar-refractivity contribution in [2.45, 2.75) is 46.1 Å². The number of nitrogens with zero attached hydrogens (tertiary/aromatic N) is 2. The normalized spacial score (nSPS) is 26.8. The lowest BCUT2D eigenvalue weighted by atomic mass is 9.63. The molecule has 18 heavy (non-hydrogen) atoms. The summed E-state index contributed by atoms with van der Waals surface area (Å²) < 4.78 is 0. The summed E-state index contributed by atoms with van der Waals surface area (Å²) in [6.45, 7) is 8.01. The zero-order valence-electron chi connectivity index (χ0n) is 12.0. The van der Waals surface area contributed by atoms with Crippen molar-refractivity contribution in [1.29, 1.82) is 5.26 Å². The molecule has 4 heteroatoms. The number of amides is 1. The van der Waals surface area contributed by atoms with Crippen molar-refractivity contribution in [3.05, 3.63) is 0 Å². The SMILES string of the molecule is CC1CC(C#N)(C(=O)NCCCN(C)C(C)C)C1. The van der Waals surface area contributed by atoms with Gasteiger partial charge in [-0.25, -0.2) is 0 Å². The van der Waals surface area contributed by atoms with Crippen LogP contribution in [0.3, 0.4) is 0 Å². The lowest BCUT2D eigenvalue weighted by Crippen LogP contribution is -2.48. The van der Waals surface area contributed by atoms with E-state index in [2.05, 4.69) is 44.1 Å². The average Bonchev–Trinajstić information content (AvgIpc) is 2.29. The molecule has 1 N–H and O–H groups in total. The van der Waals surface area contributed by atoms with E-state index < -0.39 is 5.41 Å². The summed E-state index contributed by atoms with van der Waals surface area (Å²) in [7, 11) is 2.08. The fourth-order valence-electron chi connectivity index (χ4n) is 2.42. The predicted molar refractivity (Wildman–Crippen MR) is 71.8 cm³/mol. The van der Waals surface area contributed by atoms with E-state index in [-0.39, 0.29) is 5.91 Å². The molecule has 0 radical (unpaired) electrons. The van der Waals surface area contributed by atoms with Gasteiger partial charge in [-0.05, 0) is 52.6 Å². The number of carbonyl (C=O) groups is 1. The van der Waals surface area contributed by atoms with E-state index in [0.717, 1.165) is 13.0 Å². The van der Waals surface area contributed by atoms with Crippen molar-refractivity contribution in [2.24, 2.45) is 11.3 Å². The molecule has 0 heterocycles. The molecule has 1 amide bonds. The van der Waals surface area contributed by atoms with Crippen molar-refractivity contribution in [3.63, 3.8) is 0 Å². The van der Waals surface area contributed by atoms with Crippen LogP contribution in [0.5, 0.6) is 0 Å². The Labute approximate surface area is 110 Å². The standard InChI is InChI=1S/C14H25N3O/c1-11(2)17(4)7-5-6-16-13(18)14(10-15)8-12(3)9-14/h11-12H,5-9H2,1-4H3,(H,16,18). The largest absolute Gasteiger partial charge is 0.355 e. The molecule has 0 spiro atoms. The maximum atomic E-state index is 12.0. The summed E-state index contributed by atoms with van der Waals surface area (Å²) in [6.07, 6.45) is 2.35. The topological polar surface area (TPSA) is 56.1 Å². The van der Waals surface area contributed by atoms with Crippen molar-refractivity contribution in [3.8, 4) is 6.07 Å². The van der Waals surface area contributed by atoms with Crippen LogP contribution in [-0.2, 0) is 4.79 Å². The van der Waals surface area contributed by atoms with Crippen LogP contribution in [0.15, 0.2) is 0 Å². The third-order valence-corrected chi connectivity index (χ3v) is 3.90. The smallest absolute Gasteiger partial charge is 0.240 e. The number of hydrogen-bond acceptors (Lipinski definition) is 3. The van der Waals surface area contributed by atoms with E-state index in [4.69, 9.17) is 5.26 Å². The average molecular weight is 251 g/mol. The lowest BCUT2D eigenvalue weighted by Gasteiger charge is -2.39. The van der Waals surface area contributed by atoms with Crippen LogP contribution in [0.1, 0.15) is 40.0 Å². The quantitative estimate of drug-likeness (QED) is 0.732. The number of nitrogens with one attached hydrogen (secondary N) is 1. The second kappa shape index (κ2) is 6.19. The molecule has 0 aromatic heterocycles. The molecular weight excluding hydrogens is 226 g/mol. The summed E-state index contributed by atoms with van der Waals surface area (Å²) in [5.74, 6) is 0.428. The van der Waals surface area contributed by atoms with Crippen LogP contribution < -0.4 is 5.32 Å². The Morgan fingerprint density at radius 2 is 2.17 bits per heavy atom. The summed E-state index contributed by atoms with van der Waals surface area (Å²) in [5, 5.41) is 12.0. The highest BCUT2D eigenvalue weighted by molar-refractivity contribution is 5.86. The van der Waals surface area contributed by atoms with Crippen molar-refractivity contribution in [2.75, 3.05) is 20.1 Å². The Kier molecular flexibility index (Phi) is 5.15. The Morgan fingerprint density at radius 1 is 1.56 bits per heavy atom. The first-order chi connectivity index (χ1) is 8.41. The number of nitriles is 1. The molecular formula is C14H25N3O. The molecule has 1 aliphatic rings. The van der Waals surface area contributed by atoms with Gasteiger partial charge < -0.3 is 10.2 Å². The first-order valence-electron chi connectivity index (χ1n) is 6.81. The van der Waals surface area contributed by atoms with Crippen LogP contribution in [0.4, 0.5) is 0 Å². The third-order valence-electron chi connectivity index (χ3n) is 3.90. The molecule has 102 valence electrons. The second-order valence-electron chi connectivity index (χ2n) is 5.89. The number of rotatable bonds is 6. The maximum absolute atomic E-state index is 12.0. The van der Waals surface area contributed by atoms with E-state index >= 15 is 0 Å². The predicted octanol–water partition coefficient (Wildman–Crippen LogP) is 1.77. The summed E-state index contributed by atoms with van der Waals surface area (Å²) in [6, 6.07) is 2.72. The second-order valence-corrected chi connectivity index (χ2v) is 5.89. The molecule has 0 aromatic carbocycles. The minimum absolute atomic E-state index is 0.0738. The molecule has 0 bridgehead atoms. The minimum Gasteiger partial charge on any atom is -0.355 e. The zero-order chi connectivity index (χ0) is 13.8. The highest BCUT2D eigenvalue weighted by Gasteiger charge is 2.48. The molecule has 0 aromatic rings. The van der Waals surface area contributed by atoms with Crippen LogP contribution in [0.25, 0.3) is 0 Å². The molecule has 0 atom stereocenters. The highest BCUT2D eigenvalue weighted by atomic mass is 16.2. The van der Waals surface area contributed by atoms with Gasteiger partial charge in [0.05, 0.1) is 6.07 Å². The Bertz CT molecular complexity index is 326. The van der Waals surface area contributed by atoms with Gasteiger partial charge in [-0.3, -0.25) is 4.79 Å². The Morgan fingerprint density at radius 3 is 2.61 bits per heavy atom. The van der Waals surface area contributed by atoms with Crippen LogP contribution >= 0.6 is 0 Å². The molecule has 1 fully saturated rings. The first kappa shape index (κ1) is 15.0. The zero-order valence-corrected chi connectivity index (χ0v) is 12.0. The van der Waals surface area contributed by atoms with E-state index in [1.54, 1.807) is 0 Å². The van der Waals surface area contributed by atoms with E-state index in [9.17, 15) is 4.79 Å². The lowest BCUT2D eigenvalue weighted by molar-refractivity contribution is -0.133. The van der Waals surface area contributed by atoms with Gasteiger partial charge in [0.1, 0.15) is 5.41 Å². The number of hydrogen-bond donors (Lipinski definition) is 1. The Balaban J connectivity index is 2.24. The molecule has 0 unspecified atom stereocenters. The monoisotopic (exact) mass is 251 g/mol. The van der Waals surface area contributed by atoms with Gasteiger partial charge in [0.2, 0.25) is 5.91 Å². The van der Waals surface area contributed by atoms with Gasteiger partial charge in [-0.2, -0.15) is 5.26 Å². The van der Waals surface area contributed by atoms with Gasteiger partial charge in [0.15, 0.2) is 0 Å². The van der Waals surface area contributed by atoms with Gasteiger partial charge >= 0.3 is 0 Å². The van der Waals surface area contributed by atoms with Gasteiger partial charge in [-0.15, -0.1) is 0 Å². The summed E-state index contributed by atoms with van der Waals surface area (Å²) >= 11 is 0. The number of carbonyl (C=O) groups excluding carboxylic acids is 1. The minimum atomic E-state index is -0.733. The van der Waals surface area contributed by atoms with Crippen molar-refractivity contribution >= 4 is 5.91 Å². The summed E-state index contributed by atoms with van der Waals surface area (Å²) in [5.41, 5.74) is -0.733. The van der Waals surface area contributed by atoms with Crippen LogP contribution in [0, 0.1) is 22.7 Å². The van der Waals surface area contributed by atoms with E-state index in [1.807, 2.05) is 0 Å². The molecule has 1 saturated carbocycles. The molecule has 1 aliphatic carbocycles. The first-order valence-corrected chi connectivity index (χ1v) is 6.81. The third kappa shape index (κ3) is 3.46. The van der Waals surface area contributed by atoms with E-state index in [0.29, 0.717) is 31.3 Å². The maximum Gasteiger partial charge on any atom is 0.240 e. The van der Waals surface area contributed by atoms with Crippen molar-refractivity contribution in [1.82, 2.24) is 10.2 Å². The molecule has 4 nitrogen and oxygen atoms in total. The van der Waals surface area contributed by atoms with Gasteiger partial charge in [0, 0.05) is 12.6 Å². The fraction of sp³-hybridized carbons (Fsp3) is 0.857. The van der Waals surface area contributed by atoms with Gasteiger partial charge in [-0.1, -0.05) is 6.92 Å². The van der Waals surface area contributed by atoms with Gasteiger partial charge in [0.25, 0.3) is 0 Å². The van der Waals surface area contributed by atoms with Crippen LogP contribution in [-0.4, -0.2) is 37.0 Å². The summed E-state index contributed by atoms with van der Waals surface area (Å²) in [4.78, 5) is 14.2. The fourth-order valence-corrected chi connectivity index (χ4v) is 2.42. The highest BCUT2D eigenvalue weighted by Crippen LogP contribution is 2.44. The molecule has 0 saturated heterocycles. The van der Waals surface area contributed by atoms with E-state index in [1.165, 1.54) is 0 Å². The van der Waals surface area contributed by atoms with Crippen molar-refractivity contribution < 1.29 is 4.79 Å².